The Morgan fingerprint density at radius 2 is 1.09 bits per heavy atom. The Bertz CT molecular complexity index is 3150. The fourth-order valence-corrected chi connectivity index (χ4v) is 7.99. The number of hydrogen-bond donors (Lipinski definition) is 1. The molecule has 0 saturated heterocycles. The molecule has 0 amide bonds. The molecule has 5 nitrogen and oxygen atoms in total. The highest BCUT2D eigenvalue weighted by Gasteiger charge is 2.25. The van der Waals surface area contributed by atoms with Crippen LogP contribution in [0.1, 0.15) is 22.9 Å². The minimum Gasteiger partial charge on any atom is -0.456 e. The Kier molecular flexibility index (Phi) is 6.85. The van der Waals surface area contributed by atoms with Crippen molar-refractivity contribution in [3.8, 4) is 22.3 Å². The van der Waals surface area contributed by atoms with E-state index < -0.39 is 6.17 Å². The summed E-state index contributed by atoms with van der Waals surface area (Å²) in [6.07, 6.45) is -0.396. The van der Waals surface area contributed by atoms with Gasteiger partial charge in [-0.1, -0.05) is 140 Å². The monoisotopic (exact) mass is 693 g/mol. The first-order chi connectivity index (χ1) is 26.7. The Morgan fingerprint density at radius 3 is 1.96 bits per heavy atom. The normalized spacial score (nSPS) is 14.5. The van der Waals surface area contributed by atoms with Crippen molar-refractivity contribution in [1.82, 2.24) is 5.32 Å². The summed E-state index contributed by atoms with van der Waals surface area (Å²) in [5, 5.41) is 10.4. The second kappa shape index (κ2) is 12.2. The van der Waals surface area contributed by atoms with Crippen molar-refractivity contribution in [1.29, 1.82) is 0 Å². The van der Waals surface area contributed by atoms with Crippen molar-refractivity contribution in [2.45, 2.75) is 6.17 Å². The highest BCUT2D eigenvalue weighted by atomic mass is 16.3. The van der Waals surface area contributed by atoms with E-state index in [1.54, 1.807) is 0 Å². The molecule has 54 heavy (non-hydrogen) atoms. The smallest absolute Gasteiger partial charge is 0.159 e. The first-order valence-corrected chi connectivity index (χ1v) is 18.2. The van der Waals surface area contributed by atoms with E-state index in [1.807, 2.05) is 54.6 Å². The van der Waals surface area contributed by atoms with Gasteiger partial charge in [0.15, 0.2) is 5.84 Å². The zero-order valence-electron chi connectivity index (χ0n) is 29.0. The van der Waals surface area contributed by atoms with E-state index in [0.29, 0.717) is 5.84 Å². The first-order valence-electron chi connectivity index (χ1n) is 18.2. The Hall–Kier alpha value is -7.24. The summed E-state index contributed by atoms with van der Waals surface area (Å²) in [5.74, 6) is 1.43. The van der Waals surface area contributed by atoms with Gasteiger partial charge in [0.2, 0.25) is 0 Å². The molecule has 2 aromatic heterocycles. The Balaban J connectivity index is 1.06. The summed E-state index contributed by atoms with van der Waals surface area (Å²) in [6, 6.07) is 61.0. The number of rotatable bonds is 5. The molecular formula is C49H31N3O2. The fourth-order valence-electron chi connectivity index (χ4n) is 7.99. The van der Waals surface area contributed by atoms with Crippen molar-refractivity contribution in [3.63, 3.8) is 0 Å². The average molecular weight is 694 g/mol. The van der Waals surface area contributed by atoms with Crippen molar-refractivity contribution in [3.05, 3.63) is 193 Å². The lowest BCUT2D eigenvalue weighted by atomic mass is 9.93. The van der Waals surface area contributed by atoms with Crippen molar-refractivity contribution >= 4 is 66.3 Å². The van der Waals surface area contributed by atoms with Crippen LogP contribution in [0.25, 0.3) is 76.9 Å². The van der Waals surface area contributed by atoms with Crippen LogP contribution in [0, 0.1) is 0 Å². The van der Waals surface area contributed by atoms with E-state index in [9.17, 15) is 0 Å². The van der Waals surface area contributed by atoms with Gasteiger partial charge >= 0.3 is 0 Å². The number of fused-ring (bicyclic) bond motifs is 7. The van der Waals surface area contributed by atoms with Gasteiger partial charge in [0.25, 0.3) is 0 Å². The number of nitrogens with zero attached hydrogens (tertiary/aromatic N) is 2. The van der Waals surface area contributed by atoms with E-state index in [1.165, 1.54) is 10.8 Å². The molecule has 1 aliphatic rings. The SMILES string of the molecule is c1ccc(C2=NC(c3cccc4oc5ccccc5c34)NC(c3cccc(-c4ccc(-c5ccc6ccccc6c5)c5oc6ccccc6c45)c3)=N2)cc1. The van der Waals surface area contributed by atoms with Gasteiger partial charge in [-0.25, -0.2) is 9.98 Å². The third kappa shape index (κ3) is 4.94. The van der Waals surface area contributed by atoms with Gasteiger partial charge < -0.3 is 14.2 Å². The molecule has 0 radical (unpaired) electrons. The largest absolute Gasteiger partial charge is 0.456 e. The summed E-state index contributed by atoms with van der Waals surface area (Å²) in [7, 11) is 0. The molecular weight excluding hydrogens is 663 g/mol. The van der Waals surface area contributed by atoms with Crippen molar-refractivity contribution < 1.29 is 8.83 Å². The standard InChI is InChI=1S/C49H31N3O2/c1-2-13-31(14-3-1)47-50-48(52-49(51-47)40-20-11-23-43-44(40)38-18-6-8-21-41(38)53-43)35-17-10-16-33(29-35)36-26-27-37(34-25-24-30-12-4-5-15-32(30)28-34)46-45(36)39-19-7-9-22-42(39)54-46/h1-29,49H,(H,50,51,52). The summed E-state index contributed by atoms with van der Waals surface area (Å²) >= 11 is 0. The maximum Gasteiger partial charge on any atom is 0.159 e. The highest BCUT2D eigenvalue weighted by Crippen LogP contribution is 2.43. The van der Waals surface area contributed by atoms with Gasteiger partial charge in [0.1, 0.15) is 34.3 Å². The topological polar surface area (TPSA) is 63.0 Å². The van der Waals surface area contributed by atoms with Crippen LogP contribution < -0.4 is 5.32 Å². The number of benzene rings is 8. The highest BCUT2D eigenvalue weighted by molar-refractivity contribution is 6.18. The first kappa shape index (κ1) is 30.4. The third-order valence-corrected chi connectivity index (χ3v) is 10.5. The number of furan rings is 2. The zero-order valence-corrected chi connectivity index (χ0v) is 29.0. The van der Waals surface area contributed by atoms with Crippen LogP contribution in [0.4, 0.5) is 0 Å². The molecule has 1 N–H and O–H groups in total. The molecule has 8 aromatic carbocycles. The molecule has 1 aliphatic heterocycles. The van der Waals surface area contributed by atoms with Gasteiger partial charge in [-0.3, -0.25) is 0 Å². The third-order valence-electron chi connectivity index (χ3n) is 10.5. The molecule has 3 heterocycles. The molecule has 0 saturated carbocycles. The maximum absolute atomic E-state index is 6.68. The van der Waals surface area contributed by atoms with E-state index in [2.05, 4.69) is 127 Å². The molecule has 0 spiro atoms. The molecule has 0 bridgehead atoms. The zero-order chi connectivity index (χ0) is 35.6. The van der Waals surface area contributed by atoms with Crippen LogP contribution in [0.2, 0.25) is 0 Å². The number of nitrogens with one attached hydrogen (secondary N) is 1. The molecule has 11 rings (SSSR count). The van der Waals surface area contributed by atoms with Crippen LogP contribution in [-0.4, -0.2) is 11.7 Å². The number of amidine groups is 2. The van der Waals surface area contributed by atoms with Gasteiger partial charge in [0.05, 0.1) is 0 Å². The van der Waals surface area contributed by atoms with E-state index in [4.69, 9.17) is 18.8 Å². The molecule has 0 aliphatic carbocycles. The molecule has 1 atom stereocenters. The van der Waals surface area contributed by atoms with Gasteiger partial charge in [-0.2, -0.15) is 0 Å². The second-order valence-corrected chi connectivity index (χ2v) is 13.8. The summed E-state index contributed by atoms with van der Waals surface area (Å²) < 4.78 is 13.0. The Morgan fingerprint density at radius 1 is 0.444 bits per heavy atom. The number of para-hydroxylation sites is 2. The van der Waals surface area contributed by atoms with Gasteiger partial charge in [-0.15, -0.1) is 0 Å². The van der Waals surface area contributed by atoms with Crippen LogP contribution in [0.3, 0.4) is 0 Å². The lowest BCUT2D eigenvalue weighted by Gasteiger charge is -2.24. The molecule has 0 fully saturated rings. The van der Waals surface area contributed by atoms with E-state index in [0.717, 1.165) is 88.7 Å². The Labute approximate surface area is 310 Å². The molecule has 1 unspecified atom stereocenters. The molecule has 254 valence electrons. The van der Waals surface area contributed by atoms with Crippen molar-refractivity contribution in [2.24, 2.45) is 9.98 Å². The fraction of sp³-hybridized carbons (Fsp3) is 0.0204. The van der Waals surface area contributed by atoms with Crippen molar-refractivity contribution in [2.75, 3.05) is 0 Å². The van der Waals surface area contributed by atoms with Crippen LogP contribution in [0.15, 0.2) is 195 Å². The minimum atomic E-state index is -0.396. The minimum absolute atomic E-state index is 0.396. The second-order valence-electron chi connectivity index (χ2n) is 13.8. The van der Waals surface area contributed by atoms with Gasteiger partial charge in [0, 0.05) is 43.8 Å². The van der Waals surface area contributed by atoms with E-state index in [-0.39, 0.29) is 0 Å². The van der Waals surface area contributed by atoms with Crippen LogP contribution >= 0.6 is 0 Å². The predicted molar refractivity (Wildman–Crippen MR) is 221 cm³/mol. The van der Waals surface area contributed by atoms with Crippen LogP contribution in [0.5, 0.6) is 0 Å². The van der Waals surface area contributed by atoms with Gasteiger partial charge in [-0.05, 0) is 63.9 Å². The summed E-state index contributed by atoms with van der Waals surface area (Å²) in [4.78, 5) is 10.4. The maximum atomic E-state index is 6.68. The lowest BCUT2D eigenvalue weighted by molar-refractivity contribution is 0.662. The van der Waals surface area contributed by atoms with E-state index >= 15 is 0 Å². The molecule has 5 heteroatoms. The number of hydrogen-bond acceptors (Lipinski definition) is 5. The quantitative estimate of drug-likeness (QED) is 0.195. The summed E-state index contributed by atoms with van der Waals surface area (Å²) in [6.45, 7) is 0. The lowest BCUT2D eigenvalue weighted by Crippen LogP contribution is -2.33. The predicted octanol–water partition coefficient (Wildman–Crippen LogP) is 12.5. The van der Waals surface area contributed by atoms with Crippen LogP contribution in [-0.2, 0) is 0 Å². The average Bonchev–Trinajstić information content (AvgIpc) is 3.83. The molecule has 10 aromatic rings. The number of aliphatic imine (C=N–C) groups is 2. The summed E-state index contributed by atoms with van der Waals surface area (Å²) in [5.41, 5.74) is 10.7.